The van der Waals surface area contributed by atoms with Gasteiger partial charge in [-0.2, -0.15) is 0 Å². The number of aryl methyl sites for hydroxylation is 1. The van der Waals surface area contributed by atoms with Crippen LogP contribution in [0.4, 0.5) is 0 Å². The van der Waals surface area contributed by atoms with E-state index in [9.17, 15) is 4.21 Å². The third-order valence-electron chi connectivity index (χ3n) is 1.98. The highest BCUT2D eigenvalue weighted by molar-refractivity contribution is 7.80. The maximum Gasteiger partial charge on any atom is 0.189 e. The molecule has 1 fully saturated rings. The van der Waals surface area contributed by atoms with Crippen molar-refractivity contribution in [1.29, 1.82) is 0 Å². The number of benzene rings is 1. The fourth-order valence-electron chi connectivity index (χ4n) is 1.02. The number of rotatable bonds is 4. The molecule has 0 saturated carbocycles. The smallest absolute Gasteiger partial charge is 0.189 e. The summed E-state index contributed by atoms with van der Waals surface area (Å²) in [4.78, 5) is 0.705. The molecule has 0 spiro atoms. The number of epoxide rings is 1. The summed E-state index contributed by atoms with van der Waals surface area (Å²) in [6, 6.07) is 7.48. The van der Waals surface area contributed by atoms with Crippen LogP contribution in [0, 0.1) is 6.92 Å². The van der Waals surface area contributed by atoms with Gasteiger partial charge in [-0.05, 0) is 19.1 Å². The van der Waals surface area contributed by atoms with Gasteiger partial charge in [0.15, 0.2) is 11.1 Å². The van der Waals surface area contributed by atoms with Gasteiger partial charge in [-0.3, -0.25) is 4.18 Å². The van der Waals surface area contributed by atoms with Gasteiger partial charge in [0.05, 0.1) is 18.1 Å². The topological polar surface area (TPSA) is 38.8 Å². The molecule has 0 bridgehead atoms. The highest BCUT2D eigenvalue weighted by Gasteiger charge is 2.23. The summed E-state index contributed by atoms with van der Waals surface area (Å²) >= 11 is -1.35. The van der Waals surface area contributed by atoms with Crippen LogP contribution in [0.5, 0.6) is 0 Å². The van der Waals surface area contributed by atoms with Gasteiger partial charge < -0.3 is 4.74 Å². The normalized spacial score (nSPS) is 21.9. The quantitative estimate of drug-likeness (QED) is 0.709. The number of hydrogen-bond acceptors (Lipinski definition) is 3. The van der Waals surface area contributed by atoms with Gasteiger partial charge in [-0.25, -0.2) is 4.21 Å². The van der Waals surface area contributed by atoms with Crippen molar-refractivity contribution < 1.29 is 13.1 Å². The molecule has 1 aromatic rings. The molecule has 0 amide bonds. The Morgan fingerprint density at radius 3 is 2.71 bits per heavy atom. The molecule has 1 aliphatic rings. The second-order valence-electron chi connectivity index (χ2n) is 3.29. The highest BCUT2D eigenvalue weighted by Crippen LogP contribution is 2.13. The van der Waals surface area contributed by atoms with Crippen LogP contribution in [0.15, 0.2) is 29.2 Å². The Labute approximate surface area is 85.7 Å². The molecule has 14 heavy (non-hydrogen) atoms. The zero-order valence-corrected chi connectivity index (χ0v) is 8.75. The lowest BCUT2D eigenvalue weighted by Gasteiger charge is -2.01. The Balaban J connectivity index is 1.92. The van der Waals surface area contributed by atoms with Crippen molar-refractivity contribution in [2.45, 2.75) is 17.9 Å². The Hall–Kier alpha value is -0.710. The third-order valence-corrected chi connectivity index (χ3v) is 2.98. The van der Waals surface area contributed by atoms with E-state index in [1.54, 1.807) is 0 Å². The summed E-state index contributed by atoms with van der Waals surface area (Å²) in [6.07, 6.45) is 0.157. The molecule has 0 N–H and O–H groups in total. The minimum absolute atomic E-state index is 0.157. The van der Waals surface area contributed by atoms with E-state index in [1.165, 1.54) is 0 Å². The Bertz CT molecular complexity index is 330. The predicted octanol–water partition coefficient (Wildman–Crippen LogP) is 1.43. The second kappa shape index (κ2) is 4.21. The lowest BCUT2D eigenvalue weighted by molar-refractivity contribution is 0.282. The summed E-state index contributed by atoms with van der Waals surface area (Å²) in [5, 5.41) is 0. The Morgan fingerprint density at radius 1 is 1.50 bits per heavy atom. The molecule has 2 atom stereocenters. The molecular formula is C10H12O3S. The molecule has 0 radical (unpaired) electrons. The maximum atomic E-state index is 11.5. The molecule has 4 heteroatoms. The van der Waals surface area contributed by atoms with E-state index < -0.39 is 11.1 Å². The minimum atomic E-state index is -1.35. The van der Waals surface area contributed by atoms with Gasteiger partial charge in [0.2, 0.25) is 0 Å². The SMILES string of the molecule is Cc1ccc([S@](=O)OC[C@H]2CO2)cc1. The fourth-order valence-corrected chi connectivity index (χ4v) is 1.79. The first-order valence-corrected chi connectivity index (χ1v) is 5.56. The summed E-state index contributed by atoms with van der Waals surface area (Å²) in [5.41, 5.74) is 1.15. The van der Waals surface area contributed by atoms with Crippen LogP contribution in [0.2, 0.25) is 0 Å². The maximum absolute atomic E-state index is 11.5. The molecule has 3 nitrogen and oxygen atoms in total. The standard InChI is InChI=1S/C10H12O3S/c1-8-2-4-10(5-3-8)14(11)13-7-9-6-12-9/h2-5,9H,6-7H2,1H3/t9-,14-/m1/s1. The van der Waals surface area contributed by atoms with Crippen LogP contribution in [0.1, 0.15) is 5.56 Å². The summed E-state index contributed by atoms with van der Waals surface area (Å²) < 4.78 is 21.6. The largest absolute Gasteiger partial charge is 0.371 e. The highest BCUT2D eigenvalue weighted by atomic mass is 32.2. The number of hydrogen-bond donors (Lipinski definition) is 0. The van der Waals surface area contributed by atoms with Crippen molar-refractivity contribution in [3.05, 3.63) is 29.8 Å². The summed E-state index contributed by atoms with van der Waals surface area (Å²) in [7, 11) is 0. The van der Waals surface area contributed by atoms with Gasteiger partial charge in [0, 0.05) is 0 Å². The minimum Gasteiger partial charge on any atom is -0.371 e. The van der Waals surface area contributed by atoms with Gasteiger partial charge in [0.1, 0.15) is 6.10 Å². The molecule has 0 unspecified atom stereocenters. The molecule has 0 aliphatic carbocycles. The Morgan fingerprint density at radius 2 is 2.14 bits per heavy atom. The van der Waals surface area contributed by atoms with E-state index in [-0.39, 0.29) is 6.10 Å². The van der Waals surface area contributed by atoms with Gasteiger partial charge in [0.25, 0.3) is 0 Å². The molecular weight excluding hydrogens is 200 g/mol. The van der Waals surface area contributed by atoms with E-state index in [0.29, 0.717) is 11.5 Å². The molecule has 0 aromatic heterocycles. The molecule has 1 saturated heterocycles. The van der Waals surface area contributed by atoms with Gasteiger partial charge in [-0.15, -0.1) is 0 Å². The third kappa shape index (κ3) is 2.64. The van der Waals surface area contributed by atoms with Gasteiger partial charge >= 0.3 is 0 Å². The fraction of sp³-hybridized carbons (Fsp3) is 0.400. The zero-order valence-electron chi connectivity index (χ0n) is 7.93. The van der Waals surface area contributed by atoms with Crippen molar-refractivity contribution in [3.8, 4) is 0 Å². The van der Waals surface area contributed by atoms with Crippen molar-refractivity contribution in [2.75, 3.05) is 13.2 Å². The van der Waals surface area contributed by atoms with Crippen LogP contribution in [-0.4, -0.2) is 23.5 Å². The first-order chi connectivity index (χ1) is 6.75. The van der Waals surface area contributed by atoms with Crippen molar-refractivity contribution in [2.24, 2.45) is 0 Å². The van der Waals surface area contributed by atoms with E-state index in [2.05, 4.69) is 0 Å². The van der Waals surface area contributed by atoms with Crippen molar-refractivity contribution in [1.82, 2.24) is 0 Å². The van der Waals surface area contributed by atoms with E-state index in [4.69, 9.17) is 8.92 Å². The van der Waals surface area contributed by atoms with Crippen LogP contribution in [0.25, 0.3) is 0 Å². The zero-order chi connectivity index (χ0) is 9.97. The van der Waals surface area contributed by atoms with Crippen LogP contribution in [0.3, 0.4) is 0 Å². The molecule has 1 aliphatic heterocycles. The monoisotopic (exact) mass is 212 g/mol. The summed E-state index contributed by atoms with van der Waals surface area (Å²) in [6.45, 7) is 3.14. The van der Waals surface area contributed by atoms with Crippen LogP contribution >= 0.6 is 0 Å². The molecule has 2 rings (SSSR count). The molecule has 76 valence electrons. The van der Waals surface area contributed by atoms with Crippen LogP contribution < -0.4 is 0 Å². The lowest BCUT2D eigenvalue weighted by atomic mass is 10.2. The van der Waals surface area contributed by atoms with Crippen molar-refractivity contribution in [3.63, 3.8) is 0 Å². The van der Waals surface area contributed by atoms with E-state index in [1.807, 2.05) is 31.2 Å². The Kier molecular flexibility index (Phi) is 2.96. The van der Waals surface area contributed by atoms with E-state index in [0.717, 1.165) is 12.2 Å². The van der Waals surface area contributed by atoms with Crippen molar-refractivity contribution >= 4 is 11.1 Å². The molecule has 1 aromatic carbocycles. The molecule has 1 heterocycles. The average Bonchev–Trinajstić information content (AvgIpc) is 2.99. The predicted molar refractivity (Wildman–Crippen MR) is 53.3 cm³/mol. The first kappa shape index (κ1) is 9.83. The second-order valence-corrected chi connectivity index (χ2v) is 4.46. The average molecular weight is 212 g/mol. The van der Waals surface area contributed by atoms with Gasteiger partial charge in [-0.1, -0.05) is 17.7 Å². The summed E-state index contributed by atoms with van der Waals surface area (Å²) in [5.74, 6) is 0. The first-order valence-electron chi connectivity index (χ1n) is 4.49. The van der Waals surface area contributed by atoms with E-state index >= 15 is 0 Å². The van der Waals surface area contributed by atoms with Crippen LogP contribution in [-0.2, 0) is 20.0 Å². The lowest BCUT2D eigenvalue weighted by Crippen LogP contribution is -2.04. The number of ether oxygens (including phenoxy) is 1.